The molecule has 4 heteroatoms. The van der Waals surface area contributed by atoms with Crippen LogP contribution in [0.4, 0.5) is 0 Å². The first-order chi connectivity index (χ1) is 0. The van der Waals surface area contributed by atoms with Gasteiger partial charge < -0.3 is 11.3 Å². The Morgan fingerprint density at radius 2 is 1.00 bits per heavy atom. The summed E-state index contributed by atoms with van der Waals surface area (Å²) in [5, 5.41) is 0. The maximum Gasteiger partial charge on any atom is 1.00 e. The minimum Gasteiger partial charge on any atom is -1.00 e. The second-order valence-electron chi connectivity index (χ2n) is 0. The summed E-state index contributed by atoms with van der Waals surface area (Å²) in [5.74, 6) is 0. The third kappa shape index (κ3) is 9.93. The predicted octanol–water partition coefficient (Wildman–Crippen LogP) is -5.56. The summed E-state index contributed by atoms with van der Waals surface area (Å²) in [6, 6.07) is 0. The van der Waals surface area contributed by atoms with Gasteiger partial charge in [-0.3, -0.25) is 0 Å². The summed E-state index contributed by atoms with van der Waals surface area (Å²) >= 11 is 0. The summed E-state index contributed by atoms with van der Waals surface area (Å²) < 4.78 is 0. The fraction of sp³-hybridized carbons (Fsp3) is 0. The van der Waals surface area contributed by atoms with E-state index in [1.807, 2.05) is 0 Å². The molecular weight excluding hydrogens is 198 g/mol. The van der Waals surface area contributed by atoms with Gasteiger partial charge in [-0.2, -0.15) is 0 Å². The van der Waals surface area contributed by atoms with Gasteiger partial charge in [-0.25, -0.2) is 0 Å². The summed E-state index contributed by atoms with van der Waals surface area (Å²) in [6.45, 7) is 0. The molecule has 0 heterocycles. The Labute approximate surface area is 142 Å². The van der Waals surface area contributed by atoms with Gasteiger partial charge in [-0.15, -0.1) is 0 Å². The third-order valence-corrected chi connectivity index (χ3v) is 0. The second-order valence-corrected chi connectivity index (χ2v) is 0. The SMILES string of the molecule is [3H-].[K+].[K+].[PH2-].[Y]. The van der Waals surface area contributed by atoms with Gasteiger partial charge in [0, 0.05) is 32.7 Å². The number of hydrogen-bond donors (Lipinski definition) is 0. The molecule has 0 aromatic heterocycles. The Morgan fingerprint density at radius 1 is 1.00 bits per heavy atom. The van der Waals surface area contributed by atoms with Crippen LogP contribution in [0.25, 0.3) is 0 Å². The summed E-state index contributed by atoms with van der Waals surface area (Å²) in [4.78, 5) is 0. The van der Waals surface area contributed by atoms with E-state index in [1.165, 1.54) is 0 Å². The molecule has 0 aliphatic heterocycles. The van der Waals surface area contributed by atoms with Gasteiger partial charge in [0.25, 0.3) is 0 Å². The first-order valence-corrected chi connectivity index (χ1v) is 0. The molecule has 0 saturated carbocycles. The van der Waals surface area contributed by atoms with E-state index < -0.39 is 0 Å². The molecule has 0 saturated heterocycles. The average Bonchev–Trinajstić information content (AvgIpc) is 0. The van der Waals surface area contributed by atoms with E-state index in [0.29, 0.717) is 0 Å². The number of rotatable bonds is 0. The molecule has 0 bridgehead atoms. The Hall–Kier alpha value is 4.81. The van der Waals surface area contributed by atoms with Gasteiger partial charge in [-0.1, -0.05) is 0 Å². The molecule has 0 aromatic rings. The second kappa shape index (κ2) is 15.7. The predicted molar refractivity (Wildman–Crippen MR) is 10.8 cm³/mol. The summed E-state index contributed by atoms with van der Waals surface area (Å²) in [7, 11) is 0. The standard InChI is InChI=1S/2K.H2P.Y.H/h;;1H2;;/q2*+1;-1;;-1/i;;;;1+2. The van der Waals surface area contributed by atoms with Crippen LogP contribution in [0.2, 0.25) is 0 Å². The molecule has 0 spiro atoms. The van der Waals surface area contributed by atoms with Crippen molar-refractivity contribution < 1.29 is 137 Å². The molecule has 0 amide bonds. The molecule has 0 aliphatic carbocycles. The Balaban J connectivity index is 0. The van der Waals surface area contributed by atoms with E-state index in [9.17, 15) is 0 Å². The van der Waals surface area contributed by atoms with Crippen molar-refractivity contribution in [3.8, 4) is 0 Å². The molecule has 4 heavy (non-hydrogen) atoms. The van der Waals surface area contributed by atoms with Crippen LogP contribution in [0.5, 0.6) is 0 Å². The maximum absolute atomic E-state index is 0. The van der Waals surface area contributed by atoms with E-state index in [2.05, 4.69) is 0 Å². The first kappa shape index (κ1) is 23.2. The van der Waals surface area contributed by atoms with Gasteiger partial charge in [-0.05, 0) is 0 Å². The third-order valence-electron chi connectivity index (χ3n) is 0. The minimum atomic E-state index is 0. The molecule has 0 rings (SSSR count). The zero-order valence-electron chi connectivity index (χ0n) is 4.15. The van der Waals surface area contributed by atoms with Gasteiger partial charge >= 0.3 is 103 Å². The molecule has 0 fully saturated rings. The van der Waals surface area contributed by atoms with Crippen molar-refractivity contribution >= 4 is 9.90 Å². The van der Waals surface area contributed by atoms with E-state index in [0.717, 1.165) is 0 Å². The van der Waals surface area contributed by atoms with Crippen LogP contribution in [0, 0.1) is 0 Å². The van der Waals surface area contributed by atoms with Crippen LogP contribution in [-0.2, 0) is 32.7 Å². The van der Waals surface area contributed by atoms with Crippen LogP contribution in [0.3, 0.4) is 0 Å². The van der Waals surface area contributed by atoms with Crippen molar-refractivity contribution in [1.29, 1.82) is 0 Å². The van der Waals surface area contributed by atoms with E-state index >= 15 is 0 Å². The van der Waals surface area contributed by atoms with Crippen molar-refractivity contribution in [1.82, 2.24) is 0 Å². The van der Waals surface area contributed by atoms with Crippen molar-refractivity contribution in [2.45, 2.75) is 0 Å². The first-order valence-electron chi connectivity index (χ1n) is 0. The molecule has 0 unspecified atom stereocenters. The van der Waals surface area contributed by atoms with Crippen LogP contribution < -0.4 is 103 Å². The molecule has 0 aromatic carbocycles. The largest absolute Gasteiger partial charge is 1.00 e. The average molecular weight is 203 g/mol. The molecule has 0 atom stereocenters. The zero-order valence-corrected chi connectivity index (χ0v) is 13.4. The Morgan fingerprint density at radius 3 is 1.00 bits per heavy atom. The molecule has 13 valence electrons. The maximum atomic E-state index is 0. The van der Waals surface area contributed by atoms with Crippen molar-refractivity contribution in [2.24, 2.45) is 0 Å². The van der Waals surface area contributed by atoms with Crippen molar-refractivity contribution in [3.63, 3.8) is 0 Å². The topological polar surface area (TPSA) is 0 Å². The fourth-order valence-corrected chi connectivity index (χ4v) is 0. The van der Waals surface area contributed by atoms with Gasteiger partial charge in [0.15, 0.2) is 0 Å². The van der Waals surface area contributed by atoms with Crippen LogP contribution >= 0.6 is 9.90 Å². The molecule has 0 N–H and O–H groups in total. The smallest absolute Gasteiger partial charge is 1.00 e. The van der Waals surface area contributed by atoms with Gasteiger partial charge in [0.05, 0.1) is 0 Å². The molecular formula is H3K2PY. The van der Waals surface area contributed by atoms with Crippen molar-refractivity contribution in [2.75, 3.05) is 0 Å². The number of hydrogen-bond acceptors (Lipinski definition) is 0. The van der Waals surface area contributed by atoms with E-state index in [1.54, 1.807) is 0 Å². The van der Waals surface area contributed by atoms with Gasteiger partial charge in [0.1, 0.15) is 0 Å². The molecule has 0 aliphatic rings. The quantitative estimate of drug-likeness (QED) is 0.272. The fourth-order valence-electron chi connectivity index (χ4n) is 0. The molecule has 1 radical (unpaired) electrons. The Kier molecular flexibility index (Phi) is 90.9. The van der Waals surface area contributed by atoms with Gasteiger partial charge in [0.2, 0.25) is 0 Å². The van der Waals surface area contributed by atoms with Crippen LogP contribution in [0.1, 0.15) is 1.43 Å². The van der Waals surface area contributed by atoms with Crippen LogP contribution in [0.15, 0.2) is 0 Å². The van der Waals surface area contributed by atoms with E-state index in [-0.39, 0.29) is 147 Å². The van der Waals surface area contributed by atoms with E-state index in [4.69, 9.17) is 0 Å². The zero-order chi connectivity index (χ0) is 0. The summed E-state index contributed by atoms with van der Waals surface area (Å²) in [5.41, 5.74) is 0. The minimum absolute atomic E-state index is 0. The Bertz CT molecular complexity index is 9.61. The van der Waals surface area contributed by atoms with Crippen LogP contribution in [-0.4, -0.2) is 0 Å². The molecule has 0 nitrogen and oxygen atoms in total. The van der Waals surface area contributed by atoms with Crippen molar-refractivity contribution in [3.05, 3.63) is 0 Å². The normalized spacial score (nSPS) is 0. The summed E-state index contributed by atoms with van der Waals surface area (Å²) in [6.07, 6.45) is 0. The monoisotopic (exact) mass is 203 g/mol.